The van der Waals surface area contributed by atoms with Crippen molar-refractivity contribution in [2.45, 2.75) is 24.6 Å². The van der Waals surface area contributed by atoms with Crippen LogP contribution in [0.4, 0.5) is 0 Å². The molecule has 2 fully saturated rings. The number of amides is 1. The molecule has 0 aromatic carbocycles. The van der Waals surface area contributed by atoms with Crippen LogP contribution in [0.5, 0.6) is 0 Å². The van der Waals surface area contributed by atoms with Gasteiger partial charge in [-0.1, -0.05) is 6.07 Å². The van der Waals surface area contributed by atoms with Crippen LogP contribution in [0.3, 0.4) is 0 Å². The highest BCUT2D eigenvalue weighted by Crippen LogP contribution is 2.31. The minimum atomic E-state index is -3.07. The molecule has 1 N–H and O–H groups in total. The van der Waals surface area contributed by atoms with E-state index in [9.17, 15) is 13.2 Å². The van der Waals surface area contributed by atoms with Crippen molar-refractivity contribution in [1.82, 2.24) is 14.5 Å². The van der Waals surface area contributed by atoms with Crippen LogP contribution in [0, 0.1) is 0 Å². The number of carbonyl (C=O) groups is 1. The van der Waals surface area contributed by atoms with Gasteiger partial charge in [-0.3, -0.25) is 9.69 Å². The Morgan fingerprint density at radius 3 is 2.59 bits per heavy atom. The van der Waals surface area contributed by atoms with Crippen LogP contribution in [0.15, 0.2) is 17.5 Å². The van der Waals surface area contributed by atoms with Gasteiger partial charge in [-0.25, -0.2) is 8.42 Å². The van der Waals surface area contributed by atoms with Crippen molar-refractivity contribution in [3.63, 3.8) is 0 Å². The zero-order chi connectivity index (χ0) is 15.6. The van der Waals surface area contributed by atoms with Crippen molar-refractivity contribution in [3.05, 3.63) is 22.4 Å². The van der Waals surface area contributed by atoms with Crippen LogP contribution in [-0.4, -0.2) is 61.5 Å². The molecular weight excluding hydrogens is 322 g/mol. The van der Waals surface area contributed by atoms with Crippen molar-refractivity contribution >= 4 is 27.3 Å². The van der Waals surface area contributed by atoms with Crippen molar-refractivity contribution in [2.75, 3.05) is 32.7 Å². The average molecular weight is 343 g/mol. The SMILES string of the molecule is O=C(CN1CCN(S(=O)(=O)C2CC2)CC1)NCc1cccs1. The third kappa shape index (κ3) is 3.87. The molecule has 22 heavy (non-hydrogen) atoms. The maximum atomic E-state index is 12.1. The van der Waals surface area contributed by atoms with Gasteiger partial charge < -0.3 is 5.32 Å². The van der Waals surface area contributed by atoms with E-state index >= 15 is 0 Å². The summed E-state index contributed by atoms with van der Waals surface area (Å²) in [6.07, 6.45) is 1.60. The predicted octanol–water partition coefficient (Wildman–Crippen LogP) is 0.474. The summed E-state index contributed by atoms with van der Waals surface area (Å²) in [5, 5.41) is 4.74. The van der Waals surface area contributed by atoms with E-state index < -0.39 is 10.0 Å². The molecule has 3 rings (SSSR count). The number of piperazine rings is 1. The number of thiophene rings is 1. The first-order valence-electron chi connectivity index (χ1n) is 7.56. The maximum absolute atomic E-state index is 12.1. The van der Waals surface area contributed by atoms with Crippen LogP contribution in [0.1, 0.15) is 17.7 Å². The topological polar surface area (TPSA) is 69.7 Å². The van der Waals surface area contributed by atoms with E-state index in [1.807, 2.05) is 22.4 Å². The number of hydrogen-bond acceptors (Lipinski definition) is 5. The normalized spacial score (nSPS) is 20.9. The van der Waals surface area contributed by atoms with Gasteiger partial charge in [0.1, 0.15) is 0 Å². The lowest BCUT2D eigenvalue weighted by Crippen LogP contribution is -2.51. The van der Waals surface area contributed by atoms with Crippen molar-refractivity contribution in [1.29, 1.82) is 0 Å². The van der Waals surface area contributed by atoms with E-state index in [0.29, 0.717) is 39.3 Å². The minimum Gasteiger partial charge on any atom is -0.350 e. The summed E-state index contributed by atoms with van der Waals surface area (Å²) in [7, 11) is -3.07. The first kappa shape index (κ1) is 15.9. The molecule has 1 aliphatic carbocycles. The Balaban J connectivity index is 1.41. The lowest BCUT2D eigenvalue weighted by Gasteiger charge is -2.33. The van der Waals surface area contributed by atoms with Crippen LogP contribution < -0.4 is 5.32 Å². The van der Waals surface area contributed by atoms with Gasteiger partial charge >= 0.3 is 0 Å². The van der Waals surface area contributed by atoms with Gasteiger partial charge in [-0.15, -0.1) is 11.3 Å². The molecule has 1 saturated carbocycles. The third-order valence-electron chi connectivity index (χ3n) is 4.04. The molecule has 0 atom stereocenters. The highest BCUT2D eigenvalue weighted by Gasteiger charge is 2.40. The summed E-state index contributed by atoms with van der Waals surface area (Å²) in [6.45, 7) is 3.14. The van der Waals surface area contributed by atoms with Gasteiger partial charge in [-0.05, 0) is 24.3 Å². The summed E-state index contributed by atoms with van der Waals surface area (Å²) < 4.78 is 25.9. The lowest BCUT2D eigenvalue weighted by atomic mass is 10.3. The smallest absolute Gasteiger partial charge is 0.234 e. The largest absolute Gasteiger partial charge is 0.350 e. The second-order valence-corrected chi connectivity index (χ2v) is 9.02. The summed E-state index contributed by atoms with van der Waals surface area (Å²) in [5.74, 6) is -0.00750. The molecular formula is C14H21N3O3S2. The highest BCUT2D eigenvalue weighted by molar-refractivity contribution is 7.90. The monoisotopic (exact) mass is 343 g/mol. The number of rotatable bonds is 6. The Hall–Kier alpha value is -0.960. The number of hydrogen-bond donors (Lipinski definition) is 1. The predicted molar refractivity (Wildman–Crippen MR) is 86.1 cm³/mol. The Kier molecular flexibility index (Phi) is 4.82. The number of nitrogens with zero attached hydrogens (tertiary/aromatic N) is 2. The zero-order valence-corrected chi connectivity index (χ0v) is 14.0. The Morgan fingerprint density at radius 1 is 1.27 bits per heavy atom. The standard InChI is InChI=1S/C14H21N3O3S2/c18-14(15-10-12-2-1-9-21-12)11-16-5-7-17(8-6-16)22(19,20)13-3-4-13/h1-2,9,13H,3-8,10-11H2,(H,15,18). The van der Waals surface area contributed by atoms with Crippen LogP contribution in [0.25, 0.3) is 0 Å². The fraction of sp³-hybridized carbons (Fsp3) is 0.643. The summed E-state index contributed by atoms with van der Waals surface area (Å²) >= 11 is 1.62. The van der Waals surface area contributed by atoms with Crippen molar-refractivity contribution in [3.8, 4) is 0 Å². The van der Waals surface area contributed by atoms with Crippen LogP contribution in [0.2, 0.25) is 0 Å². The molecule has 1 saturated heterocycles. The Bertz CT molecular complexity index is 603. The molecule has 2 aliphatic rings. The van der Waals surface area contributed by atoms with Gasteiger partial charge in [0.05, 0.1) is 18.3 Å². The van der Waals surface area contributed by atoms with E-state index in [1.165, 1.54) is 0 Å². The van der Waals surface area contributed by atoms with E-state index in [0.717, 1.165) is 17.7 Å². The average Bonchev–Trinajstić information content (AvgIpc) is 3.24. The first-order valence-corrected chi connectivity index (χ1v) is 9.94. The Morgan fingerprint density at radius 2 is 2.00 bits per heavy atom. The summed E-state index contributed by atoms with van der Waals surface area (Å²) in [6, 6.07) is 3.96. The fourth-order valence-electron chi connectivity index (χ4n) is 2.58. The molecule has 122 valence electrons. The van der Waals surface area contributed by atoms with Crippen LogP contribution in [-0.2, 0) is 21.4 Å². The van der Waals surface area contributed by atoms with Crippen molar-refractivity contribution < 1.29 is 13.2 Å². The van der Waals surface area contributed by atoms with Gasteiger partial charge in [0.2, 0.25) is 15.9 Å². The highest BCUT2D eigenvalue weighted by atomic mass is 32.2. The van der Waals surface area contributed by atoms with Crippen molar-refractivity contribution in [2.24, 2.45) is 0 Å². The molecule has 1 aliphatic heterocycles. The number of carbonyl (C=O) groups excluding carboxylic acids is 1. The van der Waals surface area contributed by atoms with E-state index in [-0.39, 0.29) is 11.2 Å². The van der Waals surface area contributed by atoms with Gasteiger partial charge in [-0.2, -0.15) is 4.31 Å². The molecule has 6 nitrogen and oxygen atoms in total. The summed E-state index contributed by atoms with van der Waals surface area (Å²) in [5.41, 5.74) is 0. The molecule has 0 spiro atoms. The van der Waals surface area contributed by atoms with Gasteiger partial charge in [0.15, 0.2) is 0 Å². The van der Waals surface area contributed by atoms with Gasteiger partial charge in [0, 0.05) is 31.1 Å². The Labute approximate surface area is 135 Å². The van der Waals surface area contributed by atoms with E-state index in [2.05, 4.69) is 5.32 Å². The maximum Gasteiger partial charge on any atom is 0.234 e. The van der Waals surface area contributed by atoms with E-state index in [4.69, 9.17) is 0 Å². The van der Waals surface area contributed by atoms with Crippen LogP contribution >= 0.6 is 11.3 Å². The molecule has 1 amide bonds. The zero-order valence-electron chi connectivity index (χ0n) is 12.4. The molecule has 0 radical (unpaired) electrons. The van der Waals surface area contributed by atoms with Gasteiger partial charge in [0.25, 0.3) is 0 Å². The molecule has 1 aromatic rings. The van der Waals surface area contributed by atoms with E-state index in [1.54, 1.807) is 15.6 Å². The number of sulfonamides is 1. The third-order valence-corrected chi connectivity index (χ3v) is 7.32. The second kappa shape index (κ2) is 6.66. The lowest BCUT2D eigenvalue weighted by molar-refractivity contribution is -0.122. The molecule has 8 heteroatoms. The summed E-state index contributed by atoms with van der Waals surface area (Å²) in [4.78, 5) is 15.1. The fourth-order valence-corrected chi connectivity index (χ4v) is 5.05. The first-order chi connectivity index (χ1) is 10.6. The molecule has 0 bridgehead atoms. The molecule has 1 aromatic heterocycles. The molecule has 2 heterocycles. The number of nitrogens with one attached hydrogen (secondary N) is 1. The molecule has 0 unspecified atom stereocenters. The second-order valence-electron chi connectivity index (χ2n) is 5.78. The quantitative estimate of drug-likeness (QED) is 0.815. The minimum absolute atomic E-state index is 0.00750.